The third-order valence-electron chi connectivity index (χ3n) is 6.98. The van der Waals surface area contributed by atoms with Crippen LogP contribution in [0.25, 0.3) is 11.1 Å². The number of thiophene rings is 2. The standard InChI is InChI=1S/C32H33N3O5S3/c1-2-10-27(30(36)32-34-26-15-6-7-16-29(26)40-32)33-31(37)28(22-43(38,39)21-23-11-4-3-5-12-23)35(19-24-13-8-17-41-24)20-25-14-9-18-42-25/h3-9,11-18,27-28H,2,10,19-22H2,1H3,(H,33,37)/t27-,28-/m0/s1. The van der Waals surface area contributed by atoms with E-state index in [1.165, 1.54) is 0 Å². The molecule has 1 amide bonds. The molecule has 0 bridgehead atoms. The Morgan fingerprint density at radius 2 is 1.56 bits per heavy atom. The molecule has 0 aliphatic rings. The number of carbonyl (C=O) groups excluding carboxylic acids is 2. The second-order valence-corrected chi connectivity index (χ2v) is 14.5. The third kappa shape index (κ3) is 8.26. The van der Waals surface area contributed by atoms with Gasteiger partial charge in [-0.2, -0.15) is 0 Å². The number of amides is 1. The van der Waals surface area contributed by atoms with E-state index < -0.39 is 39.4 Å². The van der Waals surface area contributed by atoms with Gasteiger partial charge >= 0.3 is 0 Å². The van der Waals surface area contributed by atoms with Gasteiger partial charge in [-0.15, -0.1) is 22.7 Å². The van der Waals surface area contributed by atoms with Crippen LogP contribution in [-0.4, -0.2) is 47.8 Å². The van der Waals surface area contributed by atoms with E-state index in [0.29, 0.717) is 42.6 Å². The lowest BCUT2D eigenvalue weighted by Gasteiger charge is -2.31. The molecule has 5 rings (SSSR count). The van der Waals surface area contributed by atoms with Crippen molar-refractivity contribution in [3.8, 4) is 0 Å². The molecule has 3 heterocycles. The van der Waals surface area contributed by atoms with Gasteiger partial charge in [0.05, 0.1) is 17.5 Å². The quantitative estimate of drug-likeness (QED) is 0.138. The monoisotopic (exact) mass is 635 g/mol. The van der Waals surface area contributed by atoms with Gasteiger partial charge in [0.15, 0.2) is 15.4 Å². The second kappa shape index (κ2) is 14.2. The predicted octanol–water partition coefficient (Wildman–Crippen LogP) is 6.10. The van der Waals surface area contributed by atoms with E-state index in [-0.39, 0.29) is 11.6 Å². The molecule has 0 spiro atoms. The molecule has 5 aromatic rings. The minimum atomic E-state index is -3.73. The molecule has 0 radical (unpaired) electrons. The van der Waals surface area contributed by atoms with Gasteiger partial charge in [-0.25, -0.2) is 13.4 Å². The van der Waals surface area contributed by atoms with E-state index in [0.717, 1.165) is 9.75 Å². The lowest BCUT2D eigenvalue weighted by molar-refractivity contribution is -0.126. The summed E-state index contributed by atoms with van der Waals surface area (Å²) in [5.74, 6) is -1.64. The first kappa shape index (κ1) is 30.8. The Kier molecular flexibility index (Phi) is 10.2. The van der Waals surface area contributed by atoms with Crippen molar-refractivity contribution in [2.75, 3.05) is 5.75 Å². The van der Waals surface area contributed by atoms with Crippen molar-refractivity contribution in [2.24, 2.45) is 0 Å². The zero-order chi connectivity index (χ0) is 30.2. The smallest absolute Gasteiger partial charge is 0.266 e. The van der Waals surface area contributed by atoms with E-state index in [2.05, 4.69) is 10.3 Å². The Bertz CT molecular complexity index is 1660. The van der Waals surface area contributed by atoms with E-state index in [4.69, 9.17) is 4.42 Å². The molecule has 0 fully saturated rings. The molecule has 2 aromatic carbocycles. The summed E-state index contributed by atoms with van der Waals surface area (Å²) in [5, 5.41) is 6.81. The summed E-state index contributed by atoms with van der Waals surface area (Å²) >= 11 is 3.09. The summed E-state index contributed by atoms with van der Waals surface area (Å²) in [7, 11) is -3.73. The van der Waals surface area contributed by atoms with Crippen LogP contribution in [0.1, 0.15) is 45.8 Å². The SMILES string of the molecule is CCC[C@H](NC(=O)[C@H](CS(=O)(=O)Cc1ccccc1)N(Cc1cccs1)Cc1cccs1)C(=O)c1nc2ccccc2o1. The molecule has 11 heteroatoms. The first-order valence-electron chi connectivity index (χ1n) is 14.0. The molecular formula is C32H33N3O5S3. The molecule has 43 heavy (non-hydrogen) atoms. The summed E-state index contributed by atoms with van der Waals surface area (Å²) in [6.45, 7) is 2.68. The third-order valence-corrected chi connectivity index (χ3v) is 10.3. The summed E-state index contributed by atoms with van der Waals surface area (Å²) in [6, 6.07) is 21.9. The Hall–Kier alpha value is -3.64. The second-order valence-electron chi connectivity index (χ2n) is 10.3. The first-order valence-corrected chi connectivity index (χ1v) is 17.6. The number of para-hydroxylation sites is 2. The number of nitrogens with zero attached hydrogens (tertiary/aromatic N) is 2. The highest BCUT2D eigenvalue weighted by Crippen LogP contribution is 2.22. The number of ketones is 1. The van der Waals surface area contributed by atoms with Gasteiger partial charge < -0.3 is 9.73 Å². The Morgan fingerprint density at radius 3 is 2.16 bits per heavy atom. The maximum absolute atomic E-state index is 14.2. The van der Waals surface area contributed by atoms with Crippen LogP contribution in [0.15, 0.2) is 94.0 Å². The summed E-state index contributed by atoms with van der Waals surface area (Å²) in [6.07, 6.45) is 0.963. The molecule has 224 valence electrons. The minimum Gasteiger partial charge on any atom is -0.434 e. The Labute approximate surface area is 259 Å². The number of sulfone groups is 1. The summed E-state index contributed by atoms with van der Waals surface area (Å²) in [5.41, 5.74) is 1.69. The maximum Gasteiger partial charge on any atom is 0.266 e. The lowest BCUT2D eigenvalue weighted by Crippen LogP contribution is -2.53. The van der Waals surface area contributed by atoms with E-state index in [1.807, 2.05) is 52.9 Å². The minimum absolute atomic E-state index is 0.0813. The van der Waals surface area contributed by atoms with Gasteiger partial charge in [0.25, 0.3) is 5.89 Å². The largest absolute Gasteiger partial charge is 0.434 e. The van der Waals surface area contributed by atoms with Crippen molar-refractivity contribution in [3.63, 3.8) is 0 Å². The molecule has 3 aromatic heterocycles. The number of benzene rings is 2. The highest BCUT2D eigenvalue weighted by molar-refractivity contribution is 7.90. The van der Waals surface area contributed by atoms with Gasteiger partial charge in [0, 0.05) is 22.8 Å². The first-order chi connectivity index (χ1) is 20.8. The Morgan fingerprint density at radius 1 is 0.907 bits per heavy atom. The fraction of sp³-hybridized carbons (Fsp3) is 0.281. The summed E-state index contributed by atoms with van der Waals surface area (Å²) < 4.78 is 32.9. The number of nitrogens with one attached hydrogen (secondary N) is 1. The molecule has 8 nitrogen and oxygen atoms in total. The van der Waals surface area contributed by atoms with Crippen molar-refractivity contribution in [1.29, 1.82) is 0 Å². The number of oxazole rings is 1. The van der Waals surface area contributed by atoms with Crippen molar-refractivity contribution >= 4 is 55.3 Å². The number of rotatable bonds is 15. The zero-order valence-electron chi connectivity index (χ0n) is 23.7. The molecule has 0 saturated heterocycles. The van der Waals surface area contributed by atoms with Crippen molar-refractivity contribution in [1.82, 2.24) is 15.2 Å². The van der Waals surface area contributed by atoms with Gasteiger partial charge in [-0.05, 0) is 47.0 Å². The number of aromatic nitrogens is 1. The summed E-state index contributed by atoms with van der Waals surface area (Å²) in [4.78, 5) is 36.0. The fourth-order valence-electron chi connectivity index (χ4n) is 4.91. The molecule has 2 atom stereocenters. The van der Waals surface area contributed by atoms with Crippen LogP contribution >= 0.6 is 22.7 Å². The van der Waals surface area contributed by atoms with Gasteiger partial charge in [-0.3, -0.25) is 14.5 Å². The van der Waals surface area contributed by atoms with E-state index >= 15 is 0 Å². The highest BCUT2D eigenvalue weighted by Gasteiger charge is 2.35. The van der Waals surface area contributed by atoms with Crippen LogP contribution < -0.4 is 5.32 Å². The average molecular weight is 636 g/mol. The maximum atomic E-state index is 14.2. The lowest BCUT2D eigenvalue weighted by atomic mass is 10.1. The van der Waals surface area contributed by atoms with Crippen LogP contribution in [-0.2, 0) is 33.5 Å². The van der Waals surface area contributed by atoms with Crippen LogP contribution in [0.2, 0.25) is 0 Å². The number of fused-ring (bicyclic) bond motifs is 1. The van der Waals surface area contributed by atoms with Gasteiger partial charge in [-0.1, -0.05) is 67.9 Å². The topological polar surface area (TPSA) is 110 Å². The number of hydrogen-bond acceptors (Lipinski definition) is 9. The van der Waals surface area contributed by atoms with Crippen LogP contribution in [0.4, 0.5) is 0 Å². The fourth-order valence-corrected chi connectivity index (χ4v) is 8.03. The molecule has 1 N–H and O–H groups in total. The number of Topliss-reactive ketones (excluding diaryl/α,β-unsaturated/α-hetero) is 1. The van der Waals surface area contributed by atoms with Crippen molar-refractivity contribution in [2.45, 2.75) is 50.7 Å². The van der Waals surface area contributed by atoms with Crippen molar-refractivity contribution in [3.05, 3.63) is 111 Å². The molecule has 0 aliphatic heterocycles. The average Bonchev–Trinajstić information content (AvgIpc) is 3.78. The molecule has 0 aliphatic carbocycles. The molecule has 0 saturated carbocycles. The predicted molar refractivity (Wildman–Crippen MR) is 171 cm³/mol. The zero-order valence-corrected chi connectivity index (χ0v) is 26.2. The van der Waals surface area contributed by atoms with Crippen molar-refractivity contribution < 1.29 is 22.4 Å². The molecular weight excluding hydrogens is 603 g/mol. The van der Waals surface area contributed by atoms with Crippen LogP contribution in [0, 0.1) is 0 Å². The van der Waals surface area contributed by atoms with Gasteiger partial charge in [0.2, 0.25) is 11.7 Å². The van der Waals surface area contributed by atoms with E-state index in [1.54, 1.807) is 71.2 Å². The van der Waals surface area contributed by atoms with Crippen LogP contribution in [0.3, 0.4) is 0 Å². The van der Waals surface area contributed by atoms with E-state index in [9.17, 15) is 18.0 Å². The number of hydrogen-bond donors (Lipinski definition) is 1. The van der Waals surface area contributed by atoms with Crippen LogP contribution in [0.5, 0.6) is 0 Å². The normalized spacial score (nSPS) is 13.3. The highest BCUT2D eigenvalue weighted by atomic mass is 32.2. The van der Waals surface area contributed by atoms with Gasteiger partial charge in [0.1, 0.15) is 11.6 Å². The number of carbonyl (C=O) groups is 2. The molecule has 0 unspecified atom stereocenters. The Balaban J connectivity index is 1.45.